The molecule has 10 nitrogen and oxygen atoms in total. The zero-order chi connectivity index (χ0) is 21.9. The van der Waals surface area contributed by atoms with E-state index in [1.807, 2.05) is 19.1 Å². The quantitative estimate of drug-likeness (QED) is 0.463. The molecule has 0 fully saturated rings. The Morgan fingerprint density at radius 1 is 1.00 bits per heavy atom. The fourth-order valence-corrected chi connectivity index (χ4v) is 4.52. The Balaban J connectivity index is 1.61. The van der Waals surface area contributed by atoms with Gasteiger partial charge in [0.15, 0.2) is 0 Å². The van der Waals surface area contributed by atoms with E-state index >= 15 is 0 Å². The van der Waals surface area contributed by atoms with Crippen LogP contribution in [0.4, 0.5) is 17.5 Å². The van der Waals surface area contributed by atoms with Crippen LogP contribution in [0.15, 0.2) is 29.3 Å². The van der Waals surface area contributed by atoms with Crippen LogP contribution in [0.5, 0.6) is 0 Å². The lowest BCUT2D eigenvalue weighted by atomic mass is 10.3. The van der Waals surface area contributed by atoms with Crippen molar-refractivity contribution in [3.05, 3.63) is 47.2 Å². The SMILES string of the molecule is Cc1ccnc(Nc2cc(NCCNS(=O)(=O)c3c(C)nn(C)c3C)nc(C)n2)c1. The molecule has 0 radical (unpaired) electrons. The molecular formula is C19H26N8O2S. The Hall–Kier alpha value is -3.05. The van der Waals surface area contributed by atoms with Crippen molar-refractivity contribution in [2.75, 3.05) is 23.7 Å². The second-order valence-electron chi connectivity index (χ2n) is 6.98. The highest BCUT2D eigenvalue weighted by atomic mass is 32.2. The lowest BCUT2D eigenvalue weighted by Gasteiger charge is -2.11. The third-order valence-electron chi connectivity index (χ3n) is 4.44. The van der Waals surface area contributed by atoms with Gasteiger partial charge in [0.1, 0.15) is 28.2 Å². The number of sulfonamides is 1. The highest BCUT2D eigenvalue weighted by molar-refractivity contribution is 7.89. The number of nitrogens with zero attached hydrogens (tertiary/aromatic N) is 5. The summed E-state index contributed by atoms with van der Waals surface area (Å²) in [6.07, 6.45) is 1.72. The number of aryl methyl sites for hydroxylation is 4. The van der Waals surface area contributed by atoms with Crippen molar-refractivity contribution in [1.82, 2.24) is 29.5 Å². The molecule has 30 heavy (non-hydrogen) atoms. The Morgan fingerprint density at radius 2 is 1.73 bits per heavy atom. The average Bonchev–Trinajstić information content (AvgIpc) is 2.91. The third kappa shape index (κ3) is 5.10. The lowest BCUT2D eigenvalue weighted by Crippen LogP contribution is -2.29. The smallest absolute Gasteiger partial charge is 0.244 e. The van der Waals surface area contributed by atoms with Gasteiger partial charge in [-0.2, -0.15) is 5.10 Å². The molecule has 11 heteroatoms. The number of pyridine rings is 1. The summed E-state index contributed by atoms with van der Waals surface area (Å²) < 4.78 is 29.4. The Kier molecular flexibility index (Phi) is 6.32. The van der Waals surface area contributed by atoms with Crippen molar-refractivity contribution in [2.24, 2.45) is 7.05 Å². The van der Waals surface area contributed by atoms with Crippen molar-refractivity contribution in [3.8, 4) is 0 Å². The second-order valence-corrected chi connectivity index (χ2v) is 8.68. The van der Waals surface area contributed by atoms with E-state index in [1.165, 1.54) is 0 Å². The van der Waals surface area contributed by atoms with E-state index < -0.39 is 10.0 Å². The largest absolute Gasteiger partial charge is 0.369 e. The summed E-state index contributed by atoms with van der Waals surface area (Å²) in [7, 11) is -1.92. The van der Waals surface area contributed by atoms with E-state index in [1.54, 1.807) is 44.8 Å². The first-order valence-electron chi connectivity index (χ1n) is 9.45. The Labute approximate surface area is 176 Å². The molecule has 0 aromatic carbocycles. The summed E-state index contributed by atoms with van der Waals surface area (Å²) in [4.78, 5) is 13.2. The van der Waals surface area contributed by atoms with Crippen molar-refractivity contribution in [1.29, 1.82) is 0 Å². The second kappa shape index (κ2) is 8.76. The maximum atomic E-state index is 12.6. The first-order valence-corrected chi connectivity index (χ1v) is 10.9. The van der Waals surface area contributed by atoms with Crippen molar-refractivity contribution in [2.45, 2.75) is 32.6 Å². The molecule has 160 valence electrons. The number of rotatable bonds is 8. The van der Waals surface area contributed by atoms with Gasteiger partial charge in [0, 0.05) is 32.4 Å². The van der Waals surface area contributed by atoms with E-state index in [0.717, 1.165) is 5.56 Å². The number of anilines is 3. The molecule has 0 bridgehead atoms. The molecule has 0 atom stereocenters. The van der Waals surface area contributed by atoms with Gasteiger partial charge in [0.25, 0.3) is 0 Å². The van der Waals surface area contributed by atoms with Crippen molar-refractivity contribution >= 4 is 27.5 Å². The first-order chi connectivity index (χ1) is 14.2. The van der Waals surface area contributed by atoms with E-state index in [2.05, 4.69) is 35.4 Å². The monoisotopic (exact) mass is 430 g/mol. The maximum absolute atomic E-state index is 12.6. The van der Waals surface area contributed by atoms with Gasteiger partial charge in [0.2, 0.25) is 10.0 Å². The van der Waals surface area contributed by atoms with E-state index in [9.17, 15) is 8.42 Å². The summed E-state index contributed by atoms with van der Waals surface area (Å²) in [6.45, 7) is 7.74. The molecule has 0 amide bonds. The van der Waals surface area contributed by atoms with Gasteiger partial charge in [-0.15, -0.1) is 0 Å². The maximum Gasteiger partial charge on any atom is 0.244 e. The van der Waals surface area contributed by atoms with Crippen LogP contribution < -0.4 is 15.4 Å². The summed E-state index contributed by atoms with van der Waals surface area (Å²) in [5, 5.41) is 10.4. The topological polar surface area (TPSA) is 127 Å². The molecule has 0 saturated carbocycles. The van der Waals surface area contributed by atoms with Crippen LogP contribution in [0.3, 0.4) is 0 Å². The highest BCUT2D eigenvalue weighted by Gasteiger charge is 2.23. The summed E-state index contributed by atoms with van der Waals surface area (Å²) >= 11 is 0. The Bertz CT molecular complexity index is 1160. The molecule has 0 aliphatic carbocycles. The van der Waals surface area contributed by atoms with E-state index in [4.69, 9.17) is 0 Å². The van der Waals surface area contributed by atoms with Crippen molar-refractivity contribution < 1.29 is 8.42 Å². The summed E-state index contributed by atoms with van der Waals surface area (Å²) in [5.74, 6) is 2.46. The van der Waals surface area contributed by atoms with Gasteiger partial charge < -0.3 is 10.6 Å². The predicted octanol–water partition coefficient (Wildman–Crippen LogP) is 1.97. The Morgan fingerprint density at radius 3 is 2.40 bits per heavy atom. The lowest BCUT2D eigenvalue weighted by molar-refractivity contribution is 0.581. The first kappa shape index (κ1) is 21.7. The predicted molar refractivity (Wildman–Crippen MR) is 115 cm³/mol. The van der Waals surface area contributed by atoms with Crippen LogP contribution in [0, 0.1) is 27.7 Å². The molecule has 0 aliphatic rings. The zero-order valence-corrected chi connectivity index (χ0v) is 18.5. The highest BCUT2D eigenvalue weighted by Crippen LogP contribution is 2.18. The molecule has 0 unspecified atom stereocenters. The van der Waals surface area contributed by atoms with Gasteiger partial charge in [-0.05, 0) is 45.4 Å². The standard InChI is InChI=1S/C19H26N8O2S/c1-12-6-7-20-16(10-12)25-18-11-17(23-15(4)24-18)21-8-9-22-30(28,29)19-13(2)26-27(5)14(19)3/h6-7,10-11,22H,8-9H2,1-5H3,(H2,20,21,23,24,25). The van der Waals surface area contributed by atoms with Crippen LogP contribution in [-0.2, 0) is 17.1 Å². The number of aromatic nitrogens is 5. The molecule has 3 heterocycles. The molecule has 0 saturated heterocycles. The minimum absolute atomic E-state index is 0.196. The molecule has 3 rings (SSSR count). The van der Waals surface area contributed by atoms with E-state index in [-0.39, 0.29) is 11.4 Å². The van der Waals surface area contributed by atoms with Crippen LogP contribution in [0.25, 0.3) is 0 Å². The number of hydrogen-bond acceptors (Lipinski definition) is 8. The average molecular weight is 431 g/mol. The summed E-state index contributed by atoms with van der Waals surface area (Å²) in [5.41, 5.74) is 2.16. The number of nitrogens with one attached hydrogen (secondary N) is 3. The minimum Gasteiger partial charge on any atom is -0.369 e. The van der Waals surface area contributed by atoms with Gasteiger partial charge in [-0.25, -0.2) is 28.1 Å². The molecule has 3 aromatic rings. The molecule has 3 aromatic heterocycles. The van der Waals surface area contributed by atoms with Gasteiger partial charge in [-0.3, -0.25) is 4.68 Å². The molecule has 3 N–H and O–H groups in total. The fourth-order valence-electron chi connectivity index (χ4n) is 3.05. The molecular weight excluding hydrogens is 404 g/mol. The van der Waals surface area contributed by atoms with Gasteiger partial charge >= 0.3 is 0 Å². The van der Waals surface area contributed by atoms with Crippen molar-refractivity contribution in [3.63, 3.8) is 0 Å². The van der Waals surface area contributed by atoms with Crippen LogP contribution in [0.1, 0.15) is 22.8 Å². The van der Waals surface area contributed by atoms with Gasteiger partial charge in [-0.1, -0.05) is 0 Å². The van der Waals surface area contributed by atoms with E-state index in [0.29, 0.717) is 41.2 Å². The normalized spacial score (nSPS) is 11.5. The fraction of sp³-hybridized carbons (Fsp3) is 0.368. The minimum atomic E-state index is -3.64. The van der Waals surface area contributed by atoms with Gasteiger partial charge in [0.05, 0.1) is 11.4 Å². The third-order valence-corrected chi connectivity index (χ3v) is 6.16. The summed E-state index contributed by atoms with van der Waals surface area (Å²) in [6, 6.07) is 5.58. The van der Waals surface area contributed by atoms with Crippen LogP contribution in [-0.4, -0.2) is 46.2 Å². The van der Waals surface area contributed by atoms with Crippen LogP contribution >= 0.6 is 0 Å². The number of hydrogen-bond donors (Lipinski definition) is 3. The van der Waals surface area contributed by atoms with Crippen LogP contribution in [0.2, 0.25) is 0 Å². The molecule has 0 spiro atoms. The molecule has 0 aliphatic heterocycles. The zero-order valence-electron chi connectivity index (χ0n) is 17.7.